The standard InChI is InChI=1S/C22H25NO4/c1-14-10-17(9-5-8-15-6-3-2-4-7-15)27-22(26)20(14)21(25)23-12-16-11-19(24)18(16)13-23/h2-4,6-7,10,16,18-19,24H,5,8-9,11-13H2,1H3/t16-,18+,19-/m0/s1. The third-order valence-electron chi connectivity index (χ3n) is 5.96. The van der Waals surface area contributed by atoms with Crippen LogP contribution in [-0.4, -0.2) is 35.1 Å². The van der Waals surface area contributed by atoms with Gasteiger partial charge in [0.15, 0.2) is 0 Å². The van der Waals surface area contributed by atoms with E-state index in [4.69, 9.17) is 4.42 Å². The predicted octanol–water partition coefficient (Wildman–Crippen LogP) is 2.58. The molecule has 1 N–H and O–H groups in total. The largest absolute Gasteiger partial charge is 0.427 e. The van der Waals surface area contributed by atoms with Gasteiger partial charge in [-0.1, -0.05) is 30.3 Å². The van der Waals surface area contributed by atoms with E-state index in [9.17, 15) is 14.7 Å². The summed E-state index contributed by atoms with van der Waals surface area (Å²) >= 11 is 0. The molecular formula is C22H25NO4. The normalized spacial score (nSPS) is 23.8. The van der Waals surface area contributed by atoms with Gasteiger partial charge in [0.05, 0.1) is 6.10 Å². The van der Waals surface area contributed by atoms with Gasteiger partial charge in [-0.25, -0.2) is 4.79 Å². The number of benzene rings is 1. The SMILES string of the molecule is Cc1cc(CCCc2ccccc2)oc(=O)c1C(=O)N1C[C@@H]2C[C@H](O)[C@@H]2C1. The number of rotatable bonds is 5. The Hall–Kier alpha value is -2.40. The molecule has 1 aliphatic carbocycles. The van der Waals surface area contributed by atoms with E-state index in [1.807, 2.05) is 24.3 Å². The van der Waals surface area contributed by atoms with Crippen molar-refractivity contribution in [2.24, 2.45) is 11.8 Å². The summed E-state index contributed by atoms with van der Waals surface area (Å²) < 4.78 is 5.45. The molecule has 5 nitrogen and oxygen atoms in total. The fourth-order valence-corrected chi connectivity index (χ4v) is 4.36. The summed E-state index contributed by atoms with van der Waals surface area (Å²) in [5.74, 6) is 0.896. The highest BCUT2D eigenvalue weighted by atomic mass is 16.4. The number of aliphatic hydroxyl groups is 1. The van der Waals surface area contributed by atoms with Crippen LogP contribution in [0.1, 0.15) is 40.1 Å². The number of carbonyl (C=O) groups is 1. The first-order chi connectivity index (χ1) is 13.0. The van der Waals surface area contributed by atoms with Crippen LogP contribution < -0.4 is 5.63 Å². The third-order valence-corrected chi connectivity index (χ3v) is 5.96. The van der Waals surface area contributed by atoms with E-state index < -0.39 is 5.63 Å². The molecule has 4 rings (SSSR count). The monoisotopic (exact) mass is 367 g/mol. The van der Waals surface area contributed by atoms with Crippen molar-refractivity contribution in [1.29, 1.82) is 0 Å². The van der Waals surface area contributed by atoms with Crippen LogP contribution in [0.25, 0.3) is 0 Å². The van der Waals surface area contributed by atoms with Crippen LogP contribution >= 0.6 is 0 Å². The van der Waals surface area contributed by atoms with Crippen LogP contribution in [0.3, 0.4) is 0 Å². The second kappa shape index (κ2) is 7.31. The average Bonchev–Trinajstić information content (AvgIpc) is 2.99. The van der Waals surface area contributed by atoms with E-state index in [-0.39, 0.29) is 23.5 Å². The zero-order valence-electron chi connectivity index (χ0n) is 15.6. The molecule has 1 aliphatic heterocycles. The molecule has 142 valence electrons. The quantitative estimate of drug-likeness (QED) is 0.882. The lowest BCUT2D eigenvalue weighted by Gasteiger charge is -2.34. The maximum absolute atomic E-state index is 12.8. The molecule has 2 fully saturated rings. The van der Waals surface area contributed by atoms with Crippen LogP contribution in [0.5, 0.6) is 0 Å². The minimum atomic E-state index is -0.547. The molecular weight excluding hydrogens is 342 g/mol. The molecule has 1 saturated heterocycles. The number of aryl methyl sites for hydroxylation is 3. The highest BCUT2D eigenvalue weighted by Gasteiger charge is 2.48. The first kappa shape index (κ1) is 18.0. The molecule has 2 aliphatic rings. The minimum absolute atomic E-state index is 0.137. The number of fused-ring (bicyclic) bond motifs is 1. The summed E-state index contributed by atoms with van der Waals surface area (Å²) in [4.78, 5) is 27.0. The molecule has 2 aromatic rings. The van der Waals surface area contributed by atoms with Crippen LogP contribution in [0.15, 0.2) is 45.6 Å². The van der Waals surface area contributed by atoms with Gasteiger partial charge < -0.3 is 14.4 Å². The van der Waals surface area contributed by atoms with Gasteiger partial charge in [-0.2, -0.15) is 0 Å². The van der Waals surface area contributed by atoms with Crippen LogP contribution in [0.2, 0.25) is 0 Å². The fourth-order valence-electron chi connectivity index (χ4n) is 4.36. The second-order valence-electron chi connectivity index (χ2n) is 7.83. The maximum Gasteiger partial charge on any atom is 0.349 e. The first-order valence-electron chi connectivity index (χ1n) is 9.68. The van der Waals surface area contributed by atoms with Crippen molar-refractivity contribution in [3.63, 3.8) is 0 Å². The Morgan fingerprint density at radius 2 is 2.00 bits per heavy atom. The van der Waals surface area contributed by atoms with Crippen molar-refractivity contribution >= 4 is 5.91 Å². The van der Waals surface area contributed by atoms with Crippen molar-refractivity contribution in [3.05, 3.63) is 69.3 Å². The number of likely N-dealkylation sites (tertiary alicyclic amines) is 1. The summed E-state index contributed by atoms with van der Waals surface area (Å²) in [6.07, 6.45) is 2.91. The summed E-state index contributed by atoms with van der Waals surface area (Å²) in [6.45, 7) is 2.95. The van der Waals surface area contributed by atoms with Crippen molar-refractivity contribution in [3.8, 4) is 0 Å². The molecule has 2 heterocycles. The molecule has 27 heavy (non-hydrogen) atoms. The zero-order valence-corrected chi connectivity index (χ0v) is 15.6. The highest BCUT2D eigenvalue weighted by molar-refractivity contribution is 5.95. The summed E-state index contributed by atoms with van der Waals surface area (Å²) in [7, 11) is 0. The van der Waals surface area contributed by atoms with Gasteiger partial charge in [0.2, 0.25) is 0 Å². The molecule has 0 spiro atoms. The van der Waals surface area contributed by atoms with Crippen molar-refractivity contribution in [1.82, 2.24) is 4.90 Å². The Labute approximate surface area is 158 Å². The van der Waals surface area contributed by atoms with Crippen LogP contribution in [0, 0.1) is 18.8 Å². The van der Waals surface area contributed by atoms with Crippen LogP contribution in [0.4, 0.5) is 0 Å². The Morgan fingerprint density at radius 3 is 2.67 bits per heavy atom. The van der Waals surface area contributed by atoms with E-state index in [0.717, 1.165) is 19.3 Å². The maximum atomic E-state index is 12.8. The second-order valence-corrected chi connectivity index (χ2v) is 7.83. The number of nitrogens with zero attached hydrogens (tertiary/aromatic N) is 1. The van der Waals surface area contributed by atoms with E-state index in [0.29, 0.717) is 36.8 Å². The molecule has 1 aromatic heterocycles. The van der Waals surface area contributed by atoms with E-state index in [1.54, 1.807) is 11.8 Å². The van der Waals surface area contributed by atoms with Crippen molar-refractivity contribution in [2.45, 2.75) is 38.7 Å². The third kappa shape index (κ3) is 3.56. The van der Waals surface area contributed by atoms with Gasteiger partial charge in [-0.15, -0.1) is 0 Å². The molecule has 1 saturated carbocycles. The lowest BCUT2D eigenvalue weighted by Crippen LogP contribution is -2.40. The number of aliphatic hydroxyl groups excluding tert-OH is 1. The molecule has 5 heteroatoms. The van der Waals surface area contributed by atoms with Gasteiger partial charge in [0.1, 0.15) is 11.3 Å². The number of amides is 1. The molecule has 1 amide bonds. The topological polar surface area (TPSA) is 70.8 Å². The molecule has 3 atom stereocenters. The minimum Gasteiger partial charge on any atom is -0.427 e. The molecule has 0 unspecified atom stereocenters. The summed E-state index contributed by atoms with van der Waals surface area (Å²) in [5.41, 5.74) is 1.52. The van der Waals surface area contributed by atoms with Crippen molar-refractivity contribution in [2.75, 3.05) is 13.1 Å². The lowest BCUT2D eigenvalue weighted by molar-refractivity contribution is -0.00427. The molecule has 1 aromatic carbocycles. The number of hydrogen-bond acceptors (Lipinski definition) is 4. The Kier molecular flexibility index (Phi) is 4.87. The number of hydrogen-bond donors (Lipinski definition) is 1. The summed E-state index contributed by atoms with van der Waals surface area (Å²) in [5, 5.41) is 9.78. The van der Waals surface area contributed by atoms with Gasteiger partial charge in [0.25, 0.3) is 5.91 Å². The highest BCUT2D eigenvalue weighted by Crippen LogP contribution is 2.41. The Morgan fingerprint density at radius 1 is 1.22 bits per heavy atom. The summed E-state index contributed by atoms with van der Waals surface area (Å²) in [6, 6.07) is 12.0. The van der Waals surface area contributed by atoms with Gasteiger partial charge in [-0.3, -0.25) is 4.79 Å². The lowest BCUT2D eigenvalue weighted by atomic mass is 9.74. The molecule has 0 bridgehead atoms. The van der Waals surface area contributed by atoms with Gasteiger partial charge in [-0.05, 0) is 49.3 Å². The molecule has 0 radical (unpaired) electrons. The van der Waals surface area contributed by atoms with Crippen LogP contribution in [-0.2, 0) is 12.8 Å². The first-order valence-corrected chi connectivity index (χ1v) is 9.68. The number of carbonyl (C=O) groups excluding carboxylic acids is 1. The zero-order chi connectivity index (χ0) is 19.0. The van der Waals surface area contributed by atoms with E-state index in [1.165, 1.54) is 5.56 Å². The average molecular weight is 367 g/mol. The van der Waals surface area contributed by atoms with E-state index in [2.05, 4.69) is 12.1 Å². The Balaban J connectivity index is 1.42. The fraction of sp³-hybridized carbons (Fsp3) is 0.455. The van der Waals surface area contributed by atoms with Crippen molar-refractivity contribution < 1.29 is 14.3 Å². The Bertz CT molecular complexity index is 889. The van der Waals surface area contributed by atoms with Gasteiger partial charge >= 0.3 is 5.63 Å². The van der Waals surface area contributed by atoms with Gasteiger partial charge in [0, 0.05) is 25.4 Å². The predicted molar refractivity (Wildman–Crippen MR) is 102 cm³/mol. The smallest absolute Gasteiger partial charge is 0.349 e. The van der Waals surface area contributed by atoms with E-state index >= 15 is 0 Å².